The van der Waals surface area contributed by atoms with Gasteiger partial charge in [0.05, 0.1) is 30.0 Å². The first-order chi connectivity index (χ1) is 14.0. The van der Waals surface area contributed by atoms with Gasteiger partial charge in [0, 0.05) is 18.7 Å². The molecule has 1 aliphatic rings. The number of likely N-dealkylation sites (N-methyl/N-ethyl adjacent to an activating group) is 1. The van der Waals surface area contributed by atoms with Crippen molar-refractivity contribution in [2.24, 2.45) is 5.73 Å². The van der Waals surface area contributed by atoms with Crippen LogP contribution in [0.3, 0.4) is 0 Å². The first kappa shape index (κ1) is 17.5. The number of nitrogens with two attached hydrogens (primary N) is 1. The summed E-state index contributed by atoms with van der Waals surface area (Å²) in [5, 5.41) is 4.63. The summed E-state index contributed by atoms with van der Waals surface area (Å²) < 4.78 is 17.0. The van der Waals surface area contributed by atoms with E-state index in [1.165, 1.54) is 22.8 Å². The van der Waals surface area contributed by atoms with E-state index in [4.69, 9.17) is 5.73 Å². The second-order valence-electron chi connectivity index (χ2n) is 7.23. The molecule has 0 saturated carbocycles. The molecule has 1 saturated heterocycles. The molecule has 9 heteroatoms. The van der Waals surface area contributed by atoms with E-state index >= 15 is 0 Å². The lowest BCUT2D eigenvalue weighted by molar-refractivity contribution is 0.0993. The number of likely N-dealkylation sites (tertiary alicyclic amines) is 1. The van der Waals surface area contributed by atoms with Crippen LogP contribution in [0.4, 0.5) is 4.39 Å². The van der Waals surface area contributed by atoms with Crippen LogP contribution >= 0.6 is 0 Å². The number of primary amides is 1. The number of carbonyl (C=O) groups excluding carboxylic acids is 1. The Hall–Kier alpha value is -3.59. The van der Waals surface area contributed by atoms with Gasteiger partial charge in [-0.05, 0) is 43.4 Å². The van der Waals surface area contributed by atoms with Crippen LogP contribution in [0.2, 0.25) is 0 Å². The SMILES string of the molecule is CN1CC(n2cnc(-c3ccc(F)cc3)c2-c2ccc3ncc(C(N)=O)n3n2)C1. The minimum Gasteiger partial charge on any atom is -0.364 e. The number of hydrogen-bond acceptors (Lipinski definition) is 5. The number of aromatic nitrogens is 5. The Morgan fingerprint density at radius 1 is 1.14 bits per heavy atom. The third-order valence-electron chi connectivity index (χ3n) is 5.21. The van der Waals surface area contributed by atoms with Gasteiger partial charge in [0.15, 0.2) is 5.65 Å². The highest BCUT2D eigenvalue weighted by Crippen LogP contribution is 2.34. The molecule has 4 aromatic rings. The van der Waals surface area contributed by atoms with E-state index in [0.29, 0.717) is 17.0 Å². The van der Waals surface area contributed by atoms with Gasteiger partial charge >= 0.3 is 0 Å². The Bertz CT molecular complexity index is 1220. The monoisotopic (exact) mass is 391 g/mol. The highest BCUT2D eigenvalue weighted by molar-refractivity contribution is 5.91. The van der Waals surface area contributed by atoms with E-state index in [0.717, 1.165) is 24.3 Å². The average molecular weight is 391 g/mol. The van der Waals surface area contributed by atoms with Crippen molar-refractivity contribution >= 4 is 11.6 Å². The minimum atomic E-state index is -0.602. The largest absolute Gasteiger partial charge is 0.364 e. The summed E-state index contributed by atoms with van der Waals surface area (Å²) in [7, 11) is 2.06. The Labute approximate surface area is 165 Å². The van der Waals surface area contributed by atoms with Crippen LogP contribution < -0.4 is 5.73 Å². The third kappa shape index (κ3) is 2.87. The van der Waals surface area contributed by atoms with Gasteiger partial charge in [-0.3, -0.25) is 4.79 Å². The lowest BCUT2D eigenvalue weighted by Gasteiger charge is -2.37. The van der Waals surface area contributed by atoms with Gasteiger partial charge < -0.3 is 15.2 Å². The van der Waals surface area contributed by atoms with Crippen LogP contribution in [0.25, 0.3) is 28.3 Å². The van der Waals surface area contributed by atoms with Crippen LogP contribution in [0.5, 0.6) is 0 Å². The molecule has 29 heavy (non-hydrogen) atoms. The topological polar surface area (TPSA) is 94.3 Å². The van der Waals surface area contributed by atoms with Crippen molar-refractivity contribution in [2.75, 3.05) is 20.1 Å². The number of benzene rings is 1. The normalized spacial score (nSPS) is 15.0. The Morgan fingerprint density at radius 2 is 1.90 bits per heavy atom. The van der Waals surface area contributed by atoms with Crippen LogP contribution in [-0.2, 0) is 0 Å². The molecule has 0 atom stereocenters. The molecule has 1 aromatic carbocycles. The highest BCUT2D eigenvalue weighted by atomic mass is 19.1. The van der Waals surface area contributed by atoms with Gasteiger partial charge in [0.25, 0.3) is 5.91 Å². The van der Waals surface area contributed by atoms with Crippen molar-refractivity contribution in [3.8, 4) is 22.6 Å². The first-order valence-corrected chi connectivity index (χ1v) is 9.17. The molecule has 1 fully saturated rings. The highest BCUT2D eigenvalue weighted by Gasteiger charge is 2.29. The van der Waals surface area contributed by atoms with Crippen LogP contribution in [0, 0.1) is 5.82 Å². The van der Waals surface area contributed by atoms with Gasteiger partial charge in [0.1, 0.15) is 17.2 Å². The van der Waals surface area contributed by atoms with Gasteiger partial charge in [-0.1, -0.05) is 0 Å². The van der Waals surface area contributed by atoms with Crippen molar-refractivity contribution in [1.29, 1.82) is 0 Å². The summed E-state index contributed by atoms with van der Waals surface area (Å²) in [6.45, 7) is 1.79. The number of nitrogens with zero attached hydrogens (tertiary/aromatic N) is 6. The summed E-state index contributed by atoms with van der Waals surface area (Å²) in [6, 6.07) is 10.1. The van der Waals surface area contributed by atoms with Gasteiger partial charge in [-0.15, -0.1) is 0 Å². The summed E-state index contributed by atoms with van der Waals surface area (Å²) >= 11 is 0. The summed E-state index contributed by atoms with van der Waals surface area (Å²) in [6.07, 6.45) is 3.20. The maximum atomic E-state index is 13.4. The molecule has 1 aliphatic heterocycles. The Balaban J connectivity index is 1.71. The first-order valence-electron chi connectivity index (χ1n) is 9.17. The maximum Gasteiger partial charge on any atom is 0.269 e. The van der Waals surface area contributed by atoms with E-state index in [2.05, 4.69) is 31.6 Å². The zero-order chi connectivity index (χ0) is 20.1. The predicted octanol–water partition coefficient (Wildman–Crippen LogP) is 1.98. The van der Waals surface area contributed by atoms with Crippen LogP contribution in [0.1, 0.15) is 16.5 Å². The molecule has 0 bridgehead atoms. The van der Waals surface area contributed by atoms with Gasteiger partial charge in [0.2, 0.25) is 0 Å². The van der Waals surface area contributed by atoms with Gasteiger partial charge in [-0.2, -0.15) is 5.10 Å². The molecule has 146 valence electrons. The minimum absolute atomic E-state index is 0.208. The zero-order valence-electron chi connectivity index (χ0n) is 15.7. The number of halogens is 1. The zero-order valence-corrected chi connectivity index (χ0v) is 15.7. The molecule has 0 unspecified atom stereocenters. The number of fused-ring (bicyclic) bond motifs is 1. The lowest BCUT2D eigenvalue weighted by Crippen LogP contribution is -2.44. The van der Waals surface area contributed by atoms with Crippen molar-refractivity contribution < 1.29 is 9.18 Å². The van der Waals surface area contributed by atoms with Crippen molar-refractivity contribution in [3.05, 3.63) is 60.4 Å². The molecule has 8 nitrogen and oxygen atoms in total. The quantitative estimate of drug-likeness (QED) is 0.574. The summed E-state index contributed by atoms with van der Waals surface area (Å²) in [5.74, 6) is -0.908. The molecule has 3 aromatic heterocycles. The van der Waals surface area contributed by atoms with Crippen molar-refractivity contribution in [2.45, 2.75) is 6.04 Å². The second-order valence-corrected chi connectivity index (χ2v) is 7.23. The fourth-order valence-electron chi connectivity index (χ4n) is 3.72. The van der Waals surface area contributed by atoms with E-state index in [1.807, 2.05) is 6.07 Å². The lowest BCUT2D eigenvalue weighted by atomic mass is 10.1. The predicted molar refractivity (Wildman–Crippen MR) is 105 cm³/mol. The smallest absolute Gasteiger partial charge is 0.269 e. The Morgan fingerprint density at radius 3 is 2.59 bits per heavy atom. The van der Waals surface area contributed by atoms with Crippen LogP contribution in [0.15, 0.2) is 48.9 Å². The molecule has 0 radical (unpaired) electrons. The fraction of sp³-hybridized carbons (Fsp3) is 0.200. The molecule has 4 heterocycles. The van der Waals surface area contributed by atoms with Crippen molar-refractivity contribution in [3.63, 3.8) is 0 Å². The molecule has 5 rings (SSSR count). The molecule has 0 aliphatic carbocycles. The molecule has 1 amide bonds. The number of rotatable bonds is 4. The number of amides is 1. The van der Waals surface area contributed by atoms with E-state index in [1.54, 1.807) is 24.5 Å². The van der Waals surface area contributed by atoms with E-state index < -0.39 is 5.91 Å². The van der Waals surface area contributed by atoms with E-state index in [-0.39, 0.29) is 17.6 Å². The second kappa shape index (κ2) is 6.49. The summed E-state index contributed by atoms with van der Waals surface area (Å²) in [4.78, 5) is 22.7. The van der Waals surface area contributed by atoms with Crippen molar-refractivity contribution in [1.82, 2.24) is 29.0 Å². The van der Waals surface area contributed by atoms with Gasteiger partial charge in [-0.25, -0.2) is 18.9 Å². The fourth-order valence-corrected chi connectivity index (χ4v) is 3.72. The number of carbonyl (C=O) groups is 1. The van der Waals surface area contributed by atoms with E-state index in [9.17, 15) is 9.18 Å². The third-order valence-corrected chi connectivity index (χ3v) is 5.21. The molecular weight excluding hydrogens is 373 g/mol. The Kier molecular flexibility index (Phi) is 3.92. The molecule has 2 N–H and O–H groups in total. The number of imidazole rings is 2. The maximum absolute atomic E-state index is 13.4. The average Bonchev–Trinajstić information content (AvgIpc) is 3.30. The standard InChI is InChI=1S/C20H18FN7O/c1-26-9-14(10-26)27-11-24-18(12-2-4-13(21)5-3-12)19(27)15-6-7-17-23-8-16(20(22)29)28(17)25-15/h2-8,11,14H,9-10H2,1H3,(H2,22,29). The summed E-state index contributed by atoms with van der Waals surface area (Å²) in [5.41, 5.74) is 9.11. The van der Waals surface area contributed by atoms with Crippen LogP contribution in [-0.4, -0.2) is 55.1 Å². The molecular formula is C20H18FN7O. The number of hydrogen-bond donors (Lipinski definition) is 1. The molecule has 0 spiro atoms.